The van der Waals surface area contributed by atoms with E-state index in [0.717, 1.165) is 22.9 Å². The van der Waals surface area contributed by atoms with Gasteiger partial charge in [-0.25, -0.2) is 5.10 Å². The number of hydrogen-bond acceptors (Lipinski definition) is 4. The third kappa shape index (κ3) is 3.81. The van der Waals surface area contributed by atoms with Gasteiger partial charge in [-0.2, -0.15) is 23.7 Å². The van der Waals surface area contributed by atoms with Crippen LogP contribution in [0.5, 0.6) is 5.75 Å². The Balaban J connectivity index is 1.67. The molecule has 0 aliphatic rings. The van der Waals surface area contributed by atoms with E-state index >= 15 is 0 Å². The Bertz CT molecular complexity index is 1220. The maximum atomic E-state index is 12.3. The molecule has 0 saturated carbocycles. The van der Waals surface area contributed by atoms with Crippen LogP contribution in [-0.4, -0.2) is 32.7 Å². The van der Waals surface area contributed by atoms with Crippen LogP contribution in [0.25, 0.3) is 22.3 Å². The van der Waals surface area contributed by atoms with Gasteiger partial charge in [0.1, 0.15) is 5.75 Å². The SMILES string of the molecule is CCc1cccc2c(C=Nn3c(-c4ccc(OC(F)F)cc4)n[nH]c3=S)c[nH]c12. The van der Waals surface area contributed by atoms with E-state index in [1.54, 1.807) is 18.3 Å². The summed E-state index contributed by atoms with van der Waals surface area (Å²) in [4.78, 5) is 3.30. The molecule has 29 heavy (non-hydrogen) atoms. The molecular weight excluding hydrogens is 396 g/mol. The number of aromatic nitrogens is 4. The summed E-state index contributed by atoms with van der Waals surface area (Å²) >= 11 is 5.29. The Labute approximate surface area is 169 Å². The van der Waals surface area contributed by atoms with Crippen molar-refractivity contribution in [3.05, 3.63) is 64.6 Å². The second-order valence-corrected chi connectivity index (χ2v) is 6.64. The van der Waals surface area contributed by atoms with Crippen LogP contribution >= 0.6 is 12.2 Å². The summed E-state index contributed by atoms with van der Waals surface area (Å²) in [5.74, 6) is 0.530. The lowest BCUT2D eigenvalue weighted by molar-refractivity contribution is -0.0498. The molecule has 0 amide bonds. The summed E-state index contributed by atoms with van der Waals surface area (Å²) in [7, 11) is 0. The molecule has 0 bridgehead atoms. The van der Waals surface area contributed by atoms with Crippen molar-refractivity contribution in [3.8, 4) is 17.1 Å². The number of H-pyrrole nitrogens is 2. The number of rotatable bonds is 6. The van der Waals surface area contributed by atoms with Crippen molar-refractivity contribution < 1.29 is 13.5 Å². The van der Waals surface area contributed by atoms with Gasteiger partial charge in [0.25, 0.3) is 0 Å². The minimum Gasteiger partial charge on any atom is -0.435 e. The van der Waals surface area contributed by atoms with Crippen LogP contribution < -0.4 is 4.74 Å². The second-order valence-electron chi connectivity index (χ2n) is 6.25. The number of benzene rings is 2. The zero-order chi connectivity index (χ0) is 20.4. The third-order valence-electron chi connectivity index (χ3n) is 4.52. The lowest BCUT2D eigenvalue weighted by Gasteiger charge is -2.05. The number of hydrogen-bond donors (Lipinski definition) is 2. The fraction of sp³-hybridized carbons (Fsp3) is 0.150. The average molecular weight is 413 g/mol. The topological polar surface area (TPSA) is 71.0 Å². The van der Waals surface area contributed by atoms with Crippen LogP contribution in [0.4, 0.5) is 8.78 Å². The Morgan fingerprint density at radius 3 is 2.76 bits per heavy atom. The lowest BCUT2D eigenvalue weighted by atomic mass is 10.1. The van der Waals surface area contributed by atoms with Crippen LogP contribution in [0, 0.1) is 4.77 Å². The normalized spacial score (nSPS) is 11.7. The van der Waals surface area contributed by atoms with Crippen LogP contribution in [0.1, 0.15) is 18.1 Å². The first kappa shape index (κ1) is 19.0. The van der Waals surface area contributed by atoms with Crippen LogP contribution in [0.3, 0.4) is 0 Å². The quantitative estimate of drug-likeness (QED) is 0.340. The molecule has 2 aromatic heterocycles. The molecule has 0 aliphatic carbocycles. The maximum Gasteiger partial charge on any atom is 0.387 e. The van der Waals surface area contributed by atoms with Crippen LogP contribution in [0.2, 0.25) is 0 Å². The molecule has 2 aromatic carbocycles. The van der Waals surface area contributed by atoms with Gasteiger partial charge in [-0.3, -0.25) is 0 Å². The highest BCUT2D eigenvalue weighted by atomic mass is 32.1. The predicted octanol–water partition coefficient (Wildman–Crippen LogP) is 5.13. The van der Waals surface area contributed by atoms with Gasteiger partial charge in [0, 0.05) is 28.2 Å². The van der Waals surface area contributed by atoms with Crippen LogP contribution in [-0.2, 0) is 6.42 Å². The predicted molar refractivity (Wildman–Crippen MR) is 110 cm³/mol. The van der Waals surface area contributed by atoms with Gasteiger partial charge in [0.05, 0.1) is 6.21 Å². The zero-order valence-electron chi connectivity index (χ0n) is 15.4. The van der Waals surface area contributed by atoms with E-state index in [0.29, 0.717) is 16.2 Å². The van der Waals surface area contributed by atoms with Gasteiger partial charge in [0.15, 0.2) is 5.82 Å². The van der Waals surface area contributed by atoms with Crippen molar-refractivity contribution in [2.24, 2.45) is 5.10 Å². The number of aromatic amines is 2. The molecule has 2 heterocycles. The highest BCUT2D eigenvalue weighted by molar-refractivity contribution is 7.71. The Hall–Kier alpha value is -3.33. The lowest BCUT2D eigenvalue weighted by Crippen LogP contribution is -2.01. The molecule has 6 nitrogen and oxygen atoms in total. The van der Waals surface area contributed by atoms with Gasteiger partial charge in [-0.05, 0) is 48.5 Å². The van der Waals surface area contributed by atoms with E-state index in [-0.39, 0.29) is 5.75 Å². The van der Waals surface area contributed by atoms with E-state index in [2.05, 4.69) is 38.0 Å². The second kappa shape index (κ2) is 7.96. The van der Waals surface area contributed by atoms with Crippen molar-refractivity contribution in [3.63, 3.8) is 0 Å². The molecule has 2 N–H and O–H groups in total. The van der Waals surface area contributed by atoms with Gasteiger partial charge >= 0.3 is 6.61 Å². The number of nitrogens with zero attached hydrogens (tertiary/aromatic N) is 3. The number of nitrogens with one attached hydrogen (secondary N) is 2. The van der Waals surface area contributed by atoms with Gasteiger partial charge in [-0.15, -0.1) is 0 Å². The molecule has 4 rings (SSSR count). The highest BCUT2D eigenvalue weighted by Gasteiger charge is 2.11. The van der Waals surface area contributed by atoms with Crippen molar-refractivity contribution in [1.82, 2.24) is 19.9 Å². The number of para-hydroxylation sites is 1. The molecular formula is C20H17F2N5OS. The smallest absolute Gasteiger partial charge is 0.387 e. The first-order valence-corrected chi connectivity index (χ1v) is 9.33. The monoisotopic (exact) mass is 413 g/mol. The summed E-state index contributed by atoms with van der Waals surface area (Å²) < 4.78 is 30.8. The van der Waals surface area contributed by atoms with E-state index in [4.69, 9.17) is 12.2 Å². The van der Waals surface area contributed by atoms with E-state index < -0.39 is 6.61 Å². The minimum atomic E-state index is -2.87. The largest absolute Gasteiger partial charge is 0.435 e. The fourth-order valence-corrected chi connectivity index (χ4v) is 3.31. The number of ether oxygens (including phenoxy) is 1. The molecule has 0 atom stereocenters. The van der Waals surface area contributed by atoms with Crippen LogP contribution in [0.15, 0.2) is 53.8 Å². The maximum absolute atomic E-state index is 12.3. The first-order chi connectivity index (χ1) is 14.1. The summed E-state index contributed by atoms with van der Waals surface area (Å²) in [5.41, 5.74) is 3.89. The highest BCUT2D eigenvalue weighted by Crippen LogP contribution is 2.23. The summed E-state index contributed by atoms with van der Waals surface area (Å²) in [6.07, 6.45) is 4.53. The standard InChI is InChI=1S/C20H17F2N5OS/c1-2-12-4-3-5-16-14(10-23-17(12)16)11-24-27-18(25-26-20(27)29)13-6-8-15(9-7-13)28-19(21)22/h3-11,19,23H,2H2,1H3,(H,26,29). The molecule has 0 unspecified atom stereocenters. The molecule has 0 radical (unpaired) electrons. The number of aryl methyl sites for hydroxylation is 1. The molecule has 4 aromatic rings. The zero-order valence-corrected chi connectivity index (χ0v) is 16.2. The van der Waals surface area contributed by atoms with Gasteiger partial charge in [0.2, 0.25) is 4.77 Å². The van der Waals surface area contributed by atoms with Gasteiger partial charge in [-0.1, -0.05) is 25.1 Å². The van der Waals surface area contributed by atoms with Crippen molar-refractivity contribution in [2.45, 2.75) is 20.0 Å². The molecule has 148 valence electrons. The van der Waals surface area contributed by atoms with Crippen molar-refractivity contribution in [2.75, 3.05) is 0 Å². The Morgan fingerprint density at radius 2 is 2.03 bits per heavy atom. The summed E-state index contributed by atoms with van der Waals surface area (Å²) in [6, 6.07) is 12.3. The van der Waals surface area contributed by atoms with Gasteiger partial charge < -0.3 is 9.72 Å². The van der Waals surface area contributed by atoms with E-state index in [1.165, 1.54) is 22.4 Å². The fourth-order valence-electron chi connectivity index (χ4n) is 3.13. The third-order valence-corrected chi connectivity index (χ3v) is 4.78. The Morgan fingerprint density at radius 1 is 1.24 bits per heavy atom. The molecule has 0 aliphatic heterocycles. The molecule has 0 saturated heterocycles. The Kier molecular flexibility index (Phi) is 5.22. The number of alkyl halides is 2. The van der Waals surface area contributed by atoms with Crippen molar-refractivity contribution >= 4 is 29.3 Å². The molecule has 0 fully saturated rings. The average Bonchev–Trinajstić information content (AvgIpc) is 3.30. The van der Waals surface area contributed by atoms with E-state index in [9.17, 15) is 8.78 Å². The first-order valence-electron chi connectivity index (χ1n) is 8.93. The molecule has 9 heteroatoms. The number of fused-ring (bicyclic) bond motifs is 1. The van der Waals surface area contributed by atoms with E-state index in [1.807, 2.05) is 18.3 Å². The number of halogens is 2. The summed E-state index contributed by atoms with van der Waals surface area (Å²) in [5, 5.41) is 12.5. The minimum absolute atomic E-state index is 0.0680. The van der Waals surface area contributed by atoms with Crippen molar-refractivity contribution in [1.29, 1.82) is 0 Å². The molecule has 0 spiro atoms. The summed E-state index contributed by atoms with van der Waals surface area (Å²) in [6.45, 7) is -0.762.